The highest BCUT2D eigenvalue weighted by molar-refractivity contribution is 9.10. The van der Waals surface area contributed by atoms with Crippen LogP contribution >= 0.6 is 15.9 Å². The van der Waals surface area contributed by atoms with Gasteiger partial charge >= 0.3 is 0 Å². The lowest BCUT2D eigenvalue weighted by Crippen LogP contribution is -2.14. The fourth-order valence-electron chi connectivity index (χ4n) is 2.51. The number of rotatable bonds is 3. The molecule has 0 saturated heterocycles. The Kier molecular flexibility index (Phi) is 4.53. The molecule has 0 spiro atoms. The summed E-state index contributed by atoms with van der Waals surface area (Å²) in [5.41, 5.74) is 5.24. The van der Waals surface area contributed by atoms with Gasteiger partial charge in [0.25, 0.3) is 5.91 Å². The topological polar surface area (TPSA) is 46.9 Å². The van der Waals surface area contributed by atoms with Gasteiger partial charge in [0.05, 0.1) is 11.4 Å². The van der Waals surface area contributed by atoms with Gasteiger partial charge in [-0.05, 0) is 68.3 Å². The third kappa shape index (κ3) is 3.41. The van der Waals surface area contributed by atoms with E-state index in [9.17, 15) is 4.79 Å². The molecule has 0 bridgehead atoms. The van der Waals surface area contributed by atoms with Crippen LogP contribution in [0.5, 0.6) is 0 Å². The molecule has 1 aromatic heterocycles. The van der Waals surface area contributed by atoms with Crippen LogP contribution in [0, 0.1) is 20.8 Å². The molecule has 0 atom stereocenters. The third-order valence-corrected chi connectivity index (χ3v) is 4.70. The molecule has 0 saturated carbocycles. The van der Waals surface area contributed by atoms with Crippen molar-refractivity contribution < 1.29 is 4.79 Å². The Balaban J connectivity index is 1.86. The molecule has 4 nitrogen and oxygen atoms in total. The summed E-state index contributed by atoms with van der Waals surface area (Å²) in [5.74, 6) is -0.114. The molecule has 1 amide bonds. The molecule has 122 valence electrons. The summed E-state index contributed by atoms with van der Waals surface area (Å²) in [6, 6.07) is 13.4. The molecule has 2 aromatic carbocycles. The van der Waals surface area contributed by atoms with E-state index < -0.39 is 0 Å². The van der Waals surface area contributed by atoms with E-state index in [2.05, 4.69) is 26.3 Å². The van der Waals surface area contributed by atoms with E-state index in [0.29, 0.717) is 5.56 Å². The van der Waals surface area contributed by atoms with Crippen LogP contribution in [0.4, 0.5) is 5.69 Å². The van der Waals surface area contributed by atoms with Gasteiger partial charge < -0.3 is 5.32 Å². The van der Waals surface area contributed by atoms with Gasteiger partial charge in [-0.3, -0.25) is 4.79 Å². The van der Waals surface area contributed by atoms with Crippen molar-refractivity contribution in [1.29, 1.82) is 0 Å². The number of nitrogens with zero attached hydrogens (tertiary/aromatic N) is 2. The summed E-state index contributed by atoms with van der Waals surface area (Å²) in [6.45, 7) is 5.85. The number of aryl methyl sites for hydroxylation is 3. The number of halogens is 1. The number of benzene rings is 2. The van der Waals surface area contributed by atoms with Gasteiger partial charge in [-0.2, -0.15) is 5.10 Å². The predicted molar refractivity (Wildman–Crippen MR) is 99.9 cm³/mol. The maximum Gasteiger partial charge on any atom is 0.255 e. The first-order valence-electron chi connectivity index (χ1n) is 7.65. The summed E-state index contributed by atoms with van der Waals surface area (Å²) >= 11 is 3.49. The molecule has 5 heteroatoms. The zero-order valence-corrected chi connectivity index (χ0v) is 15.4. The molecule has 24 heavy (non-hydrogen) atoms. The monoisotopic (exact) mass is 383 g/mol. The number of carbonyl (C=O) groups is 1. The standard InChI is InChI=1S/C19H18BrN3O/c1-12-10-18(20)13(2)9-17(12)19(24)21-15-5-4-6-16(11-15)23-8-7-14(3)22-23/h4-11H,1-3H3,(H,21,24). The normalized spacial score (nSPS) is 10.7. The second kappa shape index (κ2) is 6.61. The SMILES string of the molecule is Cc1ccn(-c2cccc(NC(=O)c3cc(C)c(Br)cc3C)c2)n1. The van der Waals surface area contributed by atoms with Crippen molar-refractivity contribution in [3.8, 4) is 5.69 Å². The molecule has 0 aliphatic rings. The smallest absolute Gasteiger partial charge is 0.255 e. The molecule has 0 aliphatic heterocycles. The van der Waals surface area contributed by atoms with Crippen molar-refractivity contribution >= 4 is 27.5 Å². The van der Waals surface area contributed by atoms with Gasteiger partial charge in [0.2, 0.25) is 0 Å². The Morgan fingerprint density at radius 3 is 2.58 bits per heavy atom. The molecular formula is C19H18BrN3O. The molecule has 3 rings (SSSR count). The van der Waals surface area contributed by atoms with Crippen LogP contribution in [0.25, 0.3) is 5.69 Å². The predicted octanol–water partition coefficient (Wildman–Crippen LogP) is 4.81. The van der Waals surface area contributed by atoms with Crippen molar-refractivity contribution in [1.82, 2.24) is 9.78 Å². The van der Waals surface area contributed by atoms with Crippen LogP contribution in [-0.2, 0) is 0 Å². The third-order valence-electron chi connectivity index (χ3n) is 3.84. The van der Waals surface area contributed by atoms with E-state index in [1.807, 2.05) is 69.4 Å². The van der Waals surface area contributed by atoms with E-state index in [1.165, 1.54) is 0 Å². The first kappa shape index (κ1) is 16.5. The van der Waals surface area contributed by atoms with Crippen molar-refractivity contribution in [2.75, 3.05) is 5.32 Å². The molecule has 1 N–H and O–H groups in total. The average molecular weight is 384 g/mol. The summed E-state index contributed by atoms with van der Waals surface area (Å²) in [4.78, 5) is 12.6. The number of anilines is 1. The number of nitrogens with one attached hydrogen (secondary N) is 1. The van der Waals surface area contributed by atoms with Crippen molar-refractivity contribution in [2.45, 2.75) is 20.8 Å². The van der Waals surface area contributed by atoms with Crippen LogP contribution < -0.4 is 5.32 Å². The Hall–Kier alpha value is -2.40. The minimum absolute atomic E-state index is 0.114. The number of hydrogen-bond acceptors (Lipinski definition) is 2. The maximum absolute atomic E-state index is 12.6. The molecule has 0 radical (unpaired) electrons. The summed E-state index contributed by atoms with van der Waals surface area (Å²) in [7, 11) is 0. The molecule has 1 heterocycles. The number of aromatic nitrogens is 2. The van der Waals surface area contributed by atoms with Gasteiger partial charge in [0, 0.05) is 21.9 Å². The highest BCUT2D eigenvalue weighted by atomic mass is 79.9. The summed E-state index contributed by atoms with van der Waals surface area (Å²) in [5, 5.41) is 7.36. The molecular weight excluding hydrogens is 366 g/mol. The number of hydrogen-bond donors (Lipinski definition) is 1. The largest absolute Gasteiger partial charge is 0.322 e. The van der Waals surface area contributed by atoms with Gasteiger partial charge in [0.1, 0.15) is 0 Å². The molecule has 3 aromatic rings. The Labute approximate surface area is 149 Å². The van der Waals surface area contributed by atoms with Crippen LogP contribution in [0.1, 0.15) is 27.2 Å². The van der Waals surface area contributed by atoms with Gasteiger partial charge in [-0.25, -0.2) is 4.68 Å². The fourth-order valence-corrected chi connectivity index (χ4v) is 2.97. The Morgan fingerprint density at radius 2 is 1.88 bits per heavy atom. The van der Waals surface area contributed by atoms with E-state index in [1.54, 1.807) is 4.68 Å². The van der Waals surface area contributed by atoms with Crippen LogP contribution in [-0.4, -0.2) is 15.7 Å². The zero-order chi connectivity index (χ0) is 17.3. The Bertz CT molecular complexity index is 915. The van der Waals surface area contributed by atoms with E-state index >= 15 is 0 Å². The van der Waals surface area contributed by atoms with Crippen molar-refractivity contribution in [3.05, 3.63) is 75.5 Å². The first-order chi connectivity index (χ1) is 11.4. The summed E-state index contributed by atoms with van der Waals surface area (Å²) < 4.78 is 2.80. The highest BCUT2D eigenvalue weighted by Gasteiger charge is 2.12. The first-order valence-corrected chi connectivity index (χ1v) is 8.44. The minimum Gasteiger partial charge on any atom is -0.322 e. The second-order valence-electron chi connectivity index (χ2n) is 5.82. The zero-order valence-electron chi connectivity index (χ0n) is 13.8. The number of carbonyl (C=O) groups excluding carboxylic acids is 1. The van der Waals surface area contributed by atoms with Gasteiger partial charge in [-0.15, -0.1) is 0 Å². The second-order valence-corrected chi connectivity index (χ2v) is 6.68. The minimum atomic E-state index is -0.114. The average Bonchev–Trinajstić information content (AvgIpc) is 2.97. The van der Waals surface area contributed by atoms with Gasteiger partial charge in [-0.1, -0.05) is 22.0 Å². The Morgan fingerprint density at radius 1 is 1.08 bits per heavy atom. The van der Waals surface area contributed by atoms with Crippen molar-refractivity contribution in [2.24, 2.45) is 0 Å². The van der Waals surface area contributed by atoms with E-state index in [-0.39, 0.29) is 5.91 Å². The van der Waals surface area contributed by atoms with Crippen LogP contribution in [0.15, 0.2) is 53.1 Å². The lowest BCUT2D eigenvalue weighted by atomic mass is 10.0. The molecule has 0 fully saturated rings. The fraction of sp³-hybridized carbons (Fsp3) is 0.158. The van der Waals surface area contributed by atoms with Crippen molar-refractivity contribution in [3.63, 3.8) is 0 Å². The van der Waals surface area contributed by atoms with Gasteiger partial charge in [0.15, 0.2) is 0 Å². The quantitative estimate of drug-likeness (QED) is 0.704. The summed E-state index contributed by atoms with van der Waals surface area (Å²) in [6.07, 6.45) is 1.90. The van der Waals surface area contributed by atoms with Crippen LogP contribution in [0.3, 0.4) is 0 Å². The van der Waals surface area contributed by atoms with Crippen LogP contribution in [0.2, 0.25) is 0 Å². The van der Waals surface area contributed by atoms with E-state index in [4.69, 9.17) is 0 Å². The number of amides is 1. The maximum atomic E-state index is 12.6. The highest BCUT2D eigenvalue weighted by Crippen LogP contribution is 2.22. The lowest BCUT2D eigenvalue weighted by molar-refractivity contribution is 0.102. The lowest BCUT2D eigenvalue weighted by Gasteiger charge is -2.11. The molecule has 0 unspecified atom stereocenters. The molecule has 0 aliphatic carbocycles. The van der Waals surface area contributed by atoms with E-state index in [0.717, 1.165) is 32.7 Å².